The average Bonchev–Trinajstić information content (AvgIpc) is 2.48. The molecular weight excluding hydrogens is 270 g/mol. The van der Waals surface area contributed by atoms with E-state index in [0.29, 0.717) is 22.7 Å². The minimum absolute atomic E-state index is 0.218. The standard InChI is InChI=1S/C15H15N3O3/c1-10(19)17-13-8-12(5-6-14(13)21-2)18-15(20)11-4-3-7-16-9-11/h3-9H,1-2H3,(H,17,19)(H,18,20). The summed E-state index contributed by atoms with van der Waals surface area (Å²) >= 11 is 0. The predicted molar refractivity (Wildman–Crippen MR) is 79.5 cm³/mol. The van der Waals surface area contributed by atoms with Gasteiger partial charge in [-0.2, -0.15) is 0 Å². The topological polar surface area (TPSA) is 80.3 Å². The van der Waals surface area contributed by atoms with Gasteiger partial charge in [0.05, 0.1) is 18.4 Å². The third-order valence-electron chi connectivity index (χ3n) is 2.69. The lowest BCUT2D eigenvalue weighted by atomic mass is 10.2. The van der Waals surface area contributed by atoms with E-state index in [1.54, 1.807) is 36.5 Å². The fraction of sp³-hybridized carbons (Fsp3) is 0.133. The van der Waals surface area contributed by atoms with Crippen LogP contribution in [0.5, 0.6) is 5.75 Å². The van der Waals surface area contributed by atoms with Gasteiger partial charge in [0.1, 0.15) is 5.75 Å². The second-order valence-electron chi connectivity index (χ2n) is 4.29. The fourth-order valence-electron chi connectivity index (χ4n) is 1.77. The second-order valence-corrected chi connectivity index (χ2v) is 4.29. The molecule has 0 atom stereocenters. The lowest BCUT2D eigenvalue weighted by Crippen LogP contribution is -2.13. The number of pyridine rings is 1. The number of aromatic nitrogens is 1. The quantitative estimate of drug-likeness (QED) is 0.903. The van der Waals surface area contributed by atoms with Crippen molar-refractivity contribution in [1.29, 1.82) is 0 Å². The van der Waals surface area contributed by atoms with Gasteiger partial charge in [-0.05, 0) is 30.3 Å². The Kier molecular flexibility index (Phi) is 4.50. The molecule has 0 saturated heterocycles. The van der Waals surface area contributed by atoms with Gasteiger partial charge in [0, 0.05) is 25.0 Å². The molecule has 2 amide bonds. The van der Waals surface area contributed by atoms with E-state index in [-0.39, 0.29) is 11.8 Å². The van der Waals surface area contributed by atoms with Crippen molar-refractivity contribution < 1.29 is 14.3 Å². The largest absolute Gasteiger partial charge is 0.495 e. The summed E-state index contributed by atoms with van der Waals surface area (Å²) in [6, 6.07) is 8.35. The molecule has 1 aromatic heterocycles. The summed E-state index contributed by atoms with van der Waals surface area (Å²) < 4.78 is 5.15. The summed E-state index contributed by atoms with van der Waals surface area (Å²) in [4.78, 5) is 27.1. The van der Waals surface area contributed by atoms with Gasteiger partial charge in [0.2, 0.25) is 5.91 Å². The molecule has 21 heavy (non-hydrogen) atoms. The van der Waals surface area contributed by atoms with Gasteiger partial charge < -0.3 is 15.4 Å². The SMILES string of the molecule is COc1ccc(NC(=O)c2cccnc2)cc1NC(C)=O. The molecule has 1 aromatic carbocycles. The highest BCUT2D eigenvalue weighted by molar-refractivity contribution is 6.04. The van der Waals surface area contributed by atoms with E-state index in [1.807, 2.05) is 0 Å². The summed E-state index contributed by atoms with van der Waals surface area (Å²) in [6.45, 7) is 1.40. The van der Waals surface area contributed by atoms with Crippen molar-refractivity contribution in [3.63, 3.8) is 0 Å². The number of hydrogen-bond donors (Lipinski definition) is 2. The van der Waals surface area contributed by atoms with Crippen molar-refractivity contribution in [2.24, 2.45) is 0 Å². The molecule has 0 saturated carbocycles. The Bertz CT molecular complexity index is 656. The number of carbonyl (C=O) groups excluding carboxylic acids is 2. The number of nitrogens with zero attached hydrogens (tertiary/aromatic N) is 1. The molecule has 2 rings (SSSR count). The van der Waals surface area contributed by atoms with Crippen molar-refractivity contribution in [3.05, 3.63) is 48.3 Å². The molecule has 6 heteroatoms. The number of methoxy groups -OCH3 is 1. The van der Waals surface area contributed by atoms with Crippen molar-refractivity contribution in [1.82, 2.24) is 4.98 Å². The van der Waals surface area contributed by atoms with Crippen molar-refractivity contribution in [2.75, 3.05) is 17.7 Å². The first kappa shape index (κ1) is 14.5. The van der Waals surface area contributed by atoms with E-state index in [9.17, 15) is 9.59 Å². The van der Waals surface area contributed by atoms with Gasteiger partial charge in [0.15, 0.2) is 0 Å². The number of hydrogen-bond acceptors (Lipinski definition) is 4. The van der Waals surface area contributed by atoms with Crippen LogP contribution in [0.4, 0.5) is 11.4 Å². The number of nitrogens with one attached hydrogen (secondary N) is 2. The molecule has 0 bridgehead atoms. The van der Waals surface area contributed by atoms with E-state index < -0.39 is 0 Å². The third-order valence-corrected chi connectivity index (χ3v) is 2.69. The molecule has 6 nitrogen and oxygen atoms in total. The van der Waals surface area contributed by atoms with E-state index in [4.69, 9.17) is 4.74 Å². The Hall–Kier alpha value is -2.89. The lowest BCUT2D eigenvalue weighted by Gasteiger charge is -2.11. The normalized spacial score (nSPS) is 9.81. The van der Waals surface area contributed by atoms with Gasteiger partial charge in [-0.1, -0.05) is 0 Å². The molecule has 0 aliphatic rings. The van der Waals surface area contributed by atoms with Gasteiger partial charge in [-0.3, -0.25) is 14.6 Å². The second kappa shape index (κ2) is 6.51. The maximum atomic E-state index is 12.0. The molecule has 2 N–H and O–H groups in total. The first-order chi connectivity index (χ1) is 10.1. The average molecular weight is 285 g/mol. The Morgan fingerprint density at radius 3 is 2.62 bits per heavy atom. The highest BCUT2D eigenvalue weighted by Crippen LogP contribution is 2.28. The Labute approximate surface area is 122 Å². The van der Waals surface area contributed by atoms with Crippen LogP contribution < -0.4 is 15.4 Å². The molecule has 0 radical (unpaired) electrons. The van der Waals surface area contributed by atoms with Gasteiger partial charge in [0.25, 0.3) is 5.91 Å². The molecule has 0 spiro atoms. The monoisotopic (exact) mass is 285 g/mol. The highest BCUT2D eigenvalue weighted by Gasteiger charge is 2.09. The van der Waals surface area contributed by atoms with E-state index in [0.717, 1.165) is 0 Å². The van der Waals surface area contributed by atoms with Crippen LogP contribution in [0.15, 0.2) is 42.7 Å². The first-order valence-electron chi connectivity index (χ1n) is 6.27. The molecule has 0 fully saturated rings. The van der Waals surface area contributed by atoms with Crippen molar-refractivity contribution in [2.45, 2.75) is 6.92 Å². The molecular formula is C15H15N3O3. The van der Waals surface area contributed by atoms with Crippen LogP contribution in [0, 0.1) is 0 Å². The number of rotatable bonds is 4. The first-order valence-corrected chi connectivity index (χ1v) is 6.27. The molecule has 0 aliphatic carbocycles. The Balaban J connectivity index is 2.20. The van der Waals surface area contributed by atoms with Crippen LogP contribution in [0.2, 0.25) is 0 Å². The number of benzene rings is 1. The predicted octanol–water partition coefficient (Wildman–Crippen LogP) is 2.30. The minimum atomic E-state index is -0.276. The molecule has 0 aliphatic heterocycles. The highest BCUT2D eigenvalue weighted by atomic mass is 16.5. The van der Waals surface area contributed by atoms with Gasteiger partial charge in [-0.25, -0.2) is 0 Å². The summed E-state index contributed by atoms with van der Waals surface area (Å²) in [7, 11) is 1.51. The molecule has 0 unspecified atom stereocenters. The van der Waals surface area contributed by atoms with Crippen LogP contribution in [0.25, 0.3) is 0 Å². The molecule has 108 valence electrons. The number of carbonyl (C=O) groups is 2. The zero-order valence-corrected chi connectivity index (χ0v) is 11.7. The summed E-state index contributed by atoms with van der Waals surface area (Å²) in [6.07, 6.45) is 3.08. The zero-order chi connectivity index (χ0) is 15.2. The van der Waals surface area contributed by atoms with Gasteiger partial charge in [-0.15, -0.1) is 0 Å². The molecule has 1 heterocycles. The minimum Gasteiger partial charge on any atom is -0.495 e. The van der Waals surface area contributed by atoms with E-state index in [2.05, 4.69) is 15.6 Å². The fourth-order valence-corrected chi connectivity index (χ4v) is 1.77. The van der Waals surface area contributed by atoms with Crippen LogP contribution >= 0.6 is 0 Å². The lowest BCUT2D eigenvalue weighted by molar-refractivity contribution is -0.114. The number of amides is 2. The van der Waals surface area contributed by atoms with Crippen LogP contribution in [-0.2, 0) is 4.79 Å². The van der Waals surface area contributed by atoms with Crippen LogP contribution in [-0.4, -0.2) is 23.9 Å². The maximum absolute atomic E-state index is 12.0. The number of ether oxygens (including phenoxy) is 1. The van der Waals surface area contributed by atoms with Crippen molar-refractivity contribution >= 4 is 23.2 Å². The van der Waals surface area contributed by atoms with E-state index in [1.165, 1.54) is 20.2 Å². The summed E-state index contributed by atoms with van der Waals surface area (Å²) in [5, 5.41) is 5.39. The molecule has 2 aromatic rings. The Morgan fingerprint density at radius 2 is 2.00 bits per heavy atom. The van der Waals surface area contributed by atoms with Crippen LogP contribution in [0.3, 0.4) is 0 Å². The number of anilines is 2. The van der Waals surface area contributed by atoms with Crippen LogP contribution in [0.1, 0.15) is 17.3 Å². The zero-order valence-electron chi connectivity index (χ0n) is 11.7. The Morgan fingerprint density at radius 1 is 1.19 bits per heavy atom. The third kappa shape index (κ3) is 3.79. The maximum Gasteiger partial charge on any atom is 0.257 e. The van der Waals surface area contributed by atoms with Gasteiger partial charge >= 0.3 is 0 Å². The van der Waals surface area contributed by atoms with Crippen molar-refractivity contribution in [3.8, 4) is 5.75 Å². The summed E-state index contributed by atoms with van der Waals surface area (Å²) in [5.74, 6) is 0.0238. The summed E-state index contributed by atoms with van der Waals surface area (Å²) in [5.41, 5.74) is 1.50. The van der Waals surface area contributed by atoms with E-state index >= 15 is 0 Å². The smallest absolute Gasteiger partial charge is 0.257 e.